The van der Waals surface area contributed by atoms with E-state index in [0.717, 1.165) is 0 Å². The first-order valence-electron chi connectivity index (χ1n) is 11.3. The Morgan fingerprint density at radius 1 is 0.697 bits per heavy atom. The molecule has 0 amide bonds. The highest BCUT2D eigenvalue weighted by atomic mass is 16.7. The van der Waals surface area contributed by atoms with Crippen LogP contribution in [0.5, 0.6) is 0 Å². The Balaban J connectivity index is 1.80. The van der Waals surface area contributed by atoms with Crippen molar-refractivity contribution in [3.63, 3.8) is 0 Å². The zero-order chi connectivity index (χ0) is 24.8. The van der Waals surface area contributed by atoms with Crippen molar-refractivity contribution in [2.75, 3.05) is 0 Å². The first-order valence-corrected chi connectivity index (χ1v) is 11.3. The van der Waals surface area contributed by atoms with Crippen molar-refractivity contribution in [2.45, 2.75) is 119 Å². The van der Waals surface area contributed by atoms with Crippen molar-refractivity contribution in [3.05, 3.63) is 0 Å². The predicted octanol–water partition coefficient (Wildman–Crippen LogP) is -4.57. The second kappa shape index (κ2) is 10.6. The van der Waals surface area contributed by atoms with Crippen molar-refractivity contribution < 1.29 is 49.6 Å². The molecule has 13 nitrogen and oxygen atoms in total. The summed E-state index contributed by atoms with van der Waals surface area (Å²) in [7, 11) is 0. The molecule has 1 saturated carbocycles. The minimum absolute atomic E-state index is 0.116. The second-order valence-corrected chi connectivity index (χ2v) is 9.72. The summed E-state index contributed by atoms with van der Waals surface area (Å²) < 4.78 is 23.1. The number of hydrogen-bond donors (Lipinski definition) is 9. The average molecular weight is 482 g/mol. The van der Waals surface area contributed by atoms with Gasteiger partial charge in [-0.05, 0) is 19.3 Å². The highest BCUT2D eigenvalue weighted by Gasteiger charge is 2.52. The summed E-state index contributed by atoms with van der Waals surface area (Å²) in [6.07, 6.45) is -14.5. The van der Waals surface area contributed by atoms with Crippen LogP contribution in [0.25, 0.3) is 0 Å². The van der Waals surface area contributed by atoms with Crippen LogP contribution in [0.2, 0.25) is 0 Å². The maximum Gasteiger partial charge on any atom is 0.187 e. The summed E-state index contributed by atoms with van der Waals surface area (Å²) >= 11 is 0. The lowest BCUT2D eigenvalue weighted by Gasteiger charge is -2.47. The molecule has 0 aromatic rings. The van der Waals surface area contributed by atoms with Crippen LogP contribution in [0.4, 0.5) is 0 Å². The molecule has 12 N–H and O–H groups in total. The number of nitrogens with two attached hydrogens (primary N) is 3. The van der Waals surface area contributed by atoms with E-state index < -0.39 is 91.7 Å². The molecule has 3 rings (SSSR count). The molecule has 0 aromatic carbocycles. The van der Waals surface area contributed by atoms with E-state index in [9.17, 15) is 30.6 Å². The normalized spacial score (nSPS) is 52.3. The number of aliphatic hydroxyl groups is 6. The van der Waals surface area contributed by atoms with Crippen LogP contribution in [-0.2, 0) is 18.9 Å². The van der Waals surface area contributed by atoms with Gasteiger partial charge < -0.3 is 66.8 Å². The van der Waals surface area contributed by atoms with E-state index in [-0.39, 0.29) is 12.3 Å². The zero-order valence-corrected chi connectivity index (χ0v) is 19.0. The van der Waals surface area contributed by atoms with Crippen molar-refractivity contribution in [2.24, 2.45) is 23.1 Å². The van der Waals surface area contributed by atoms with Gasteiger partial charge in [0, 0.05) is 12.1 Å². The lowest BCUT2D eigenvalue weighted by molar-refractivity contribution is -0.315. The Hall–Kier alpha value is -0.520. The number of rotatable bonds is 6. The minimum atomic E-state index is -1.46. The Labute approximate surface area is 192 Å². The smallest absolute Gasteiger partial charge is 0.187 e. The van der Waals surface area contributed by atoms with Gasteiger partial charge in [0.2, 0.25) is 0 Å². The number of hydrogen-bond acceptors (Lipinski definition) is 13. The molecule has 2 saturated heterocycles. The highest BCUT2D eigenvalue weighted by Crippen LogP contribution is 2.33. The summed E-state index contributed by atoms with van der Waals surface area (Å²) in [6, 6.07) is -2.73. The quantitative estimate of drug-likeness (QED) is 0.174. The van der Waals surface area contributed by atoms with Crippen LogP contribution >= 0.6 is 0 Å². The standard InChI is InChI=1S/C20H39N3O10/c1-5(2)15-13(28)14(29)20(30-15)33-18-10(25)7(21)4-8(22)17(18)32-19-9(23)11(26)12(27)16(31-19)6(3)24/h5-20,24-29H,4,21-23H2,1-3H3/t6-,7-,8?,9?,10?,11?,12+,13?,14?,15-,16?,17-,18?,19-,20+/m1/s1. The van der Waals surface area contributed by atoms with Gasteiger partial charge in [0.1, 0.15) is 42.7 Å². The van der Waals surface area contributed by atoms with E-state index in [4.69, 9.17) is 36.1 Å². The highest BCUT2D eigenvalue weighted by molar-refractivity contribution is 5.01. The van der Waals surface area contributed by atoms with Gasteiger partial charge >= 0.3 is 0 Å². The summed E-state index contributed by atoms with van der Waals surface area (Å²) in [6.45, 7) is 5.01. The second-order valence-electron chi connectivity index (χ2n) is 9.72. The fourth-order valence-electron chi connectivity index (χ4n) is 4.68. The number of aliphatic hydroxyl groups excluding tert-OH is 6. The molecule has 2 aliphatic heterocycles. The summed E-state index contributed by atoms with van der Waals surface area (Å²) in [5.74, 6) is -0.116. The number of ether oxygens (including phenoxy) is 4. The molecule has 13 heteroatoms. The third kappa shape index (κ3) is 5.35. The monoisotopic (exact) mass is 481 g/mol. The van der Waals surface area contributed by atoms with Gasteiger partial charge in [-0.3, -0.25) is 0 Å². The first kappa shape index (κ1) is 27.1. The Kier molecular flexibility index (Phi) is 8.71. The van der Waals surface area contributed by atoms with E-state index in [1.807, 2.05) is 13.8 Å². The van der Waals surface area contributed by atoms with Crippen molar-refractivity contribution in [1.82, 2.24) is 0 Å². The van der Waals surface area contributed by atoms with Crippen molar-refractivity contribution in [1.29, 1.82) is 0 Å². The van der Waals surface area contributed by atoms with Crippen LogP contribution in [0.15, 0.2) is 0 Å². The van der Waals surface area contributed by atoms with Gasteiger partial charge in [-0.2, -0.15) is 0 Å². The molecule has 33 heavy (non-hydrogen) atoms. The predicted molar refractivity (Wildman–Crippen MR) is 112 cm³/mol. The third-order valence-corrected chi connectivity index (χ3v) is 6.72. The van der Waals surface area contributed by atoms with Crippen molar-refractivity contribution in [3.8, 4) is 0 Å². The maximum absolute atomic E-state index is 10.8. The molecule has 0 bridgehead atoms. The molecule has 0 spiro atoms. The average Bonchev–Trinajstić information content (AvgIpc) is 3.02. The van der Waals surface area contributed by atoms with Gasteiger partial charge in [-0.1, -0.05) is 13.8 Å². The van der Waals surface area contributed by atoms with Crippen LogP contribution in [0.3, 0.4) is 0 Å². The first-order chi connectivity index (χ1) is 15.3. The SMILES string of the molecule is CC(C)[C@H]1O[C@@H](OC2C(O)[C@H](N)CC(N)[C@H]2O[C@H]2OC([C@@H](C)O)[C@@H](O)C(O)C2N)C(O)C1O. The fraction of sp³-hybridized carbons (Fsp3) is 1.00. The molecule has 3 aliphatic rings. The Morgan fingerprint density at radius 2 is 1.24 bits per heavy atom. The topological polar surface area (TPSA) is 236 Å². The van der Waals surface area contributed by atoms with Gasteiger partial charge in [-0.25, -0.2) is 0 Å². The van der Waals surface area contributed by atoms with Crippen LogP contribution in [0.1, 0.15) is 27.2 Å². The van der Waals surface area contributed by atoms with E-state index in [0.29, 0.717) is 0 Å². The fourth-order valence-corrected chi connectivity index (χ4v) is 4.68. The molecular weight excluding hydrogens is 442 g/mol. The van der Waals surface area contributed by atoms with Gasteiger partial charge in [0.05, 0.1) is 24.4 Å². The molecule has 3 fully saturated rings. The summed E-state index contributed by atoms with van der Waals surface area (Å²) in [4.78, 5) is 0. The lowest BCUT2D eigenvalue weighted by atomic mass is 9.84. The van der Waals surface area contributed by atoms with Crippen molar-refractivity contribution >= 4 is 0 Å². The molecule has 0 aromatic heterocycles. The maximum atomic E-state index is 10.8. The minimum Gasteiger partial charge on any atom is -0.391 e. The molecule has 1 aliphatic carbocycles. The Morgan fingerprint density at radius 3 is 1.79 bits per heavy atom. The van der Waals surface area contributed by atoms with E-state index >= 15 is 0 Å². The van der Waals surface area contributed by atoms with Gasteiger partial charge in [0.15, 0.2) is 12.6 Å². The Bertz CT molecular complexity index is 645. The largest absolute Gasteiger partial charge is 0.391 e. The van der Waals surface area contributed by atoms with Gasteiger partial charge in [-0.15, -0.1) is 0 Å². The molecular formula is C20H39N3O10. The summed E-state index contributed by atoms with van der Waals surface area (Å²) in [5.41, 5.74) is 18.3. The van der Waals surface area contributed by atoms with E-state index in [1.165, 1.54) is 6.92 Å². The molecule has 194 valence electrons. The molecule has 15 atom stereocenters. The van der Waals surface area contributed by atoms with E-state index in [1.54, 1.807) is 0 Å². The van der Waals surface area contributed by atoms with Crippen LogP contribution in [0, 0.1) is 5.92 Å². The van der Waals surface area contributed by atoms with Crippen LogP contribution in [-0.4, -0.2) is 122 Å². The van der Waals surface area contributed by atoms with Crippen LogP contribution < -0.4 is 17.2 Å². The molecule has 2 heterocycles. The molecule has 0 radical (unpaired) electrons. The molecule has 8 unspecified atom stereocenters. The lowest BCUT2D eigenvalue weighted by Crippen LogP contribution is -2.68. The zero-order valence-electron chi connectivity index (χ0n) is 19.0. The van der Waals surface area contributed by atoms with Gasteiger partial charge in [0.25, 0.3) is 0 Å². The van der Waals surface area contributed by atoms with E-state index in [2.05, 4.69) is 0 Å². The third-order valence-electron chi connectivity index (χ3n) is 6.72. The summed E-state index contributed by atoms with van der Waals surface area (Å²) in [5, 5.41) is 61.8.